The van der Waals surface area contributed by atoms with Gasteiger partial charge < -0.3 is 10.8 Å². The molecule has 0 aromatic rings. The number of hydrogen-bond acceptors (Lipinski definition) is 2. The highest BCUT2D eigenvalue weighted by atomic mass is 16.3. The minimum Gasteiger partial charge on any atom is -0.393 e. The molecule has 0 aromatic heterocycles. The summed E-state index contributed by atoms with van der Waals surface area (Å²) in [5.41, 5.74) is 5.64. The summed E-state index contributed by atoms with van der Waals surface area (Å²) in [5, 5.41) is 9.85. The monoisotopic (exact) mass is 187 g/mol. The summed E-state index contributed by atoms with van der Waals surface area (Å²) in [6.07, 6.45) is 1.69. The SMILES string of the molecule is CC(C)CC(O)C(CN)CC(C)C. The van der Waals surface area contributed by atoms with Crippen LogP contribution in [0.2, 0.25) is 0 Å². The molecule has 3 N–H and O–H groups in total. The Balaban J connectivity index is 3.91. The van der Waals surface area contributed by atoms with E-state index in [-0.39, 0.29) is 12.0 Å². The van der Waals surface area contributed by atoms with Crippen LogP contribution in [0.4, 0.5) is 0 Å². The highest BCUT2D eigenvalue weighted by Gasteiger charge is 2.19. The minimum absolute atomic E-state index is 0.215. The average Bonchev–Trinajstić information content (AvgIpc) is 1.98. The van der Waals surface area contributed by atoms with E-state index in [0.717, 1.165) is 12.8 Å². The molecule has 0 spiro atoms. The van der Waals surface area contributed by atoms with Crippen molar-refractivity contribution < 1.29 is 5.11 Å². The van der Waals surface area contributed by atoms with Crippen LogP contribution in [0.25, 0.3) is 0 Å². The third-order valence-electron chi connectivity index (χ3n) is 2.33. The second-order valence-corrected chi connectivity index (χ2v) is 4.82. The second-order valence-electron chi connectivity index (χ2n) is 4.82. The molecule has 0 aliphatic rings. The first-order valence-corrected chi connectivity index (χ1v) is 5.35. The fraction of sp³-hybridized carbons (Fsp3) is 1.00. The summed E-state index contributed by atoms with van der Waals surface area (Å²) < 4.78 is 0. The van der Waals surface area contributed by atoms with Crippen LogP contribution in [-0.4, -0.2) is 17.8 Å². The molecular weight excluding hydrogens is 162 g/mol. The molecule has 2 unspecified atom stereocenters. The van der Waals surface area contributed by atoms with Gasteiger partial charge in [0, 0.05) is 0 Å². The van der Waals surface area contributed by atoms with Gasteiger partial charge in [-0.05, 0) is 37.1 Å². The van der Waals surface area contributed by atoms with Gasteiger partial charge in [0.25, 0.3) is 0 Å². The molecule has 0 saturated carbocycles. The molecule has 0 aromatic carbocycles. The molecule has 0 aliphatic heterocycles. The lowest BCUT2D eigenvalue weighted by molar-refractivity contribution is 0.0793. The van der Waals surface area contributed by atoms with E-state index < -0.39 is 0 Å². The second kappa shape index (κ2) is 6.39. The molecule has 0 bridgehead atoms. The summed E-state index contributed by atoms with van der Waals surface area (Å²) >= 11 is 0. The summed E-state index contributed by atoms with van der Waals surface area (Å²) in [5.74, 6) is 1.45. The van der Waals surface area contributed by atoms with E-state index in [1.165, 1.54) is 0 Å². The van der Waals surface area contributed by atoms with Crippen molar-refractivity contribution in [2.45, 2.75) is 46.6 Å². The number of hydrogen-bond donors (Lipinski definition) is 2. The van der Waals surface area contributed by atoms with Gasteiger partial charge in [-0.25, -0.2) is 0 Å². The quantitative estimate of drug-likeness (QED) is 0.668. The van der Waals surface area contributed by atoms with E-state index in [0.29, 0.717) is 18.4 Å². The number of rotatable bonds is 6. The Morgan fingerprint density at radius 1 is 1.00 bits per heavy atom. The van der Waals surface area contributed by atoms with Crippen LogP contribution in [0, 0.1) is 17.8 Å². The molecule has 0 radical (unpaired) electrons. The summed E-state index contributed by atoms with van der Waals surface area (Å²) in [7, 11) is 0. The molecule has 0 heterocycles. The zero-order valence-electron chi connectivity index (χ0n) is 9.46. The van der Waals surface area contributed by atoms with Crippen molar-refractivity contribution in [3.8, 4) is 0 Å². The zero-order chi connectivity index (χ0) is 10.4. The lowest BCUT2D eigenvalue weighted by atomic mass is 9.88. The highest BCUT2D eigenvalue weighted by Crippen LogP contribution is 2.19. The largest absolute Gasteiger partial charge is 0.393 e. The molecule has 2 heteroatoms. The van der Waals surface area contributed by atoms with Crippen LogP contribution >= 0.6 is 0 Å². The van der Waals surface area contributed by atoms with Crippen molar-refractivity contribution in [1.82, 2.24) is 0 Å². The Morgan fingerprint density at radius 3 is 1.77 bits per heavy atom. The smallest absolute Gasteiger partial charge is 0.0583 e. The van der Waals surface area contributed by atoms with Crippen LogP contribution in [0.3, 0.4) is 0 Å². The van der Waals surface area contributed by atoms with Gasteiger partial charge in [0.05, 0.1) is 6.10 Å². The van der Waals surface area contributed by atoms with Crippen molar-refractivity contribution in [3.05, 3.63) is 0 Å². The fourth-order valence-corrected chi connectivity index (χ4v) is 1.69. The van der Waals surface area contributed by atoms with Gasteiger partial charge in [0.15, 0.2) is 0 Å². The topological polar surface area (TPSA) is 46.2 Å². The van der Waals surface area contributed by atoms with Gasteiger partial charge >= 0.3 is 0 Å². The summed E-state index contributed by atoms with van der Waals surface area (Å²) in [4.78, 5) is 0. The molecule has 0 saturated heterocycles. The third-order valence-corrected chi connectivity index (χ3v) is 2.33. The Kier molecular flexibility index (Phi) is 6.35. The Hall–Kier alpha value is -0.0800. The van der Waals surface area contributed by atoms with Crippen LogP contribution < -0.4 is 5.73 Å². The number of nitrogens with two attached hydrogens (primary N) is 1. The molecule has 0 rings (SSSR count). The van der Waals surface area contributed by atoms with E-state index in [2.05, 4.69) is 27.7 Å². The molecule has 0 aliphatic carbocycles. The van der Waals surface area contributed by atoms with Crippen molar-refractivity contribution in [1.29, 1.82) is 0 Å². The van der Waals surface area contributed by atoms with Gasteiger partial charge in [0.2, 0.25) is 0 Å². The van der Waals surface area contributed by atoms with Gasteiger partial charge in [-0.1, -0.05) is 27.7 Å². The van der Waals surface area contributed by atoms with Crippen LogP contribution in [-0.2, 0) is 0 Å². The van der Waals surface area contributed by atoms with E-state index in [9.17, 15) is 5.11 Å². The Morgan fingerprint density at radius 2 is 1.46 bits per heavy atom. The maximum absolute atomic E-state index is 9.85. The molecular formula is C11H25NO. The van der Waals surface area contributed by atoms with Crippen molar-refractivity contribution >= 4 is 0 Å². The summed E-state index contributed by atoms with van der Waals surface area (Å²) in [6, 6.07) is 0. The first kappa shape index (κ1) is 12.9. The predicted octanol–water partition coefficient (Wildman–Crippen LogP) is 2.01. The number of aliphatic hydroxyl groups excluding tert-OH is 1. The molecule has 2 atom stereocenters. The van der Waals surface area contributed by atoms with Gasteiger partial charge in [0.1, 0.15) is 0 Å². The zero-order valence-corrected chi connectivity index (χ0v) is 9.46. The summed E-state index contributed by atoms with van der Waals surface area (Å²) in [6.45, 7) is 9.21. The first-order valence-electron chi connectivity index (χ1n) is 5.35. The van der Waals surface area contributed by atoms with Crippen molar-refractivity contribution in [2.24, 2.45) is 23.5 Å². The highest BCUT2D eigenvalue weighted by molar-refractivity contribution is 4.72. The van der Waals surface area contributed by atoms with E-state index >= 15 is 0 Å². The van der Waals surface area contributed by atoms with E-state index in [1.54, 1.807) is 0 Å². The van der Waals surface area contributed by atoms with Gasteiger partial charge in [-0.3, -0.25) is 0 Å². The minimum atomic E-state index is -0.215. The normalized spacial score (nSPS) is 16.6. The predicted molar refractivity (Wildman–Crippen MR) is 57.5 cm³/mol. The standard InChI is InChI=1S/C11H25NO/c1-8(2)5-10(7-12)11(13)6-9(3)4/h8-11,13H,5-7,12H2,1-4H3. The molecule has 13 heavy (non-hydrogen) atoms. The fourth-order valence-electron chi connectivity index (χ4n) is 1.69. The van der Waals surface area contributed by atoms with Gasteiger partial charge in [-0.15, -0.1) is 0 Å². The lowest BCUT2D eigenvalue weighted by Gasteiger charge is -2.24. The molecule has 2 nitrogen and oxygen atoms in total. The molecule has 0 amide bonds. The Bertz CT molecular complexity index is 123. The van der Waals surface area contributed by atoms with Crippen LogP contribution in [0.15, 0.2) is 0 Å². The average molecular weight is 187 g/mol. The van der Waals surface area contributed by atoms with Crippen molar-refractivity contribution in [3.63, 3.8) is 0 Å². The van der Waals surface area contributed by atoms with Crippen LogP contribution in [0.1, 0.15) is 40.5 Å². The van der Waals surface area contributed by atoms with Gasteiger partial charge in [-0.2, -0.15) is 0 Å². The van der Waals surface area contributed by atoms with E-state index in [4.69, 9.17) is 5.73 Å². The van der Waals surface area contributed by atoms with Crippen molar-refractivity contribution in [2.75, 3.05) is 6.54 Å². The first-order chi connectivity index (χ1) is 5.97. The molecule has 0 fully saturated rings. The maximum Gasteiger partial charge on any atom is 0.0583 e. The lowest BCUT2D eigenvalue weighted by Crippen LogP contribution is -2.30. The Labute approximate surface area is 82.5 Å². The molecule has 80 valence electrons. The van der Waals surface area contributed by atoms with Crippen LogP contribution in [0.5, 0.6) is 0 Å². The third kappa shape index (κ3) is 6.05. The van der Waals surface area contributed by atoms with E-state index in [1.807, 2.05) is 0 Å². The maximum atomic E-state index is 9.85. The number of aliphatic hydroxyl groups is 1.